The van der Waals surface area contributed by atoms with E-state index in [2.05, 4.69) is 13.8 Å². The molecule has 0 spiro atoms. The van der Waals surface area contributed by atoms with Gasteiger partial charge in [-0.1, -0.05) is 20.8 Å². The quantitative estimate of drug-likeness (QED) is 0.847. The van der Waals surface area contributed by atoms with Gasteiger partial charge in [0.25, 0.3) is 0 Å². The molecule has 122 valence electrons. The van der Waals surface area contributed by atoms with Crippen molar-refractivity contribution in [2.24, 2.45) is 22.2 Å². The molecule has 1 amide bonds. The summed E-state index contributed by atoms with van der Waals surface area (Å²) in [5.74, 6) is -0.808. The predicted molar refractivity (Wildman–Crippen MR) is 80.1 cm³/mol. The predicted octanol–water partition coefficient (Wildman–Crippen LogP) is 2.10. The molecule has 0 aromatic heterocycles. The van der Waals surface area contributed by atoms with Crippen LogP contribution in [0.5, 0.6) is 0 Å². The van der Waals surface area contributed by atoms with E-state index in [1.54, 1.807) is 0 Å². The maximum absolute atomic E-state index is 13.2. The molecule has 2 saturated carbocycles. The fourth-order valence-corrected chi connectivity index (χ4v) is 4.97. The highest BCUT2D eigenvalue weighted by molar-refractivity contribution is 5.99. The molecule has 1 aliphatic heterocycles. The normalized spacial score (nSPS) is 37.6. The monoisotopic (exact) mass is 307 g/mol. The van der Waals surface area contributed by atoms with Gasteiger partial charge in [-0.05, 0) is 31.1 Å². The van der Waals surface area contributed by atoms with Crippen molar-refractivity contribution < 1.29 is 19.5 Å². The molecular weight excluding hydrogens is 282 g/mol. The minimum Gasteiger partial charge on any atom is -0.481 e. The molecule has 0 aromatic carbocycles. The summed E-state index contributed by atoms with van der Waals surface area (Å²) >= 11 is 0. The largest absolute Gasteiger partial charge is 0.481 e. The van der Waals surface area contributed by atoms with Gasteiger partial charge in [0.1, 0.15) is 5.78 Å². The Kier molecular flexibility index (Phi) is 3.21. The zero-order valence-electron chi connectivity index (χ0n) is 13.6. The first-order valence-electron chi connectivity index (χ1n) is 8.21. The molecule has 2 aliphatic carbocycles. The summed E-state index contributed by atoms with van der Waals surface area (Å²) in [7, 11) is 0. The first kappa shape index (κ1) is 15.5. The van der Waals surface area contributed by atoms with Crippen LogP contribution in [0.2, 0.25) is 0 Å². The van der Waals surface area contributed by atoms with Gasteiger partial charge in [0.15, 0.2) is 0 Å². The molecule has 0 aromatic rings. The summed E-state index contributed by atoms with van der Waals surface area (Å²) in [4.78, 5) is 38.5. The van der Waals surface area contributed by atoms with Crippen LogP contribution >= 0.6 is 0 Å². The van der Waals surface area contributed by atoms with E-state index in [1.807, 2.05) is 11.8 Å². The van der Waals surface area contributed by atoms with Crippen molar-refractivity contribution in [2.45, 2.75) is 52.9 Å². The zero-order valence-corrected chi connectivity index (χ0v) is 13.6. The van der Waals surface area contributed by atoms with E-state index in [4.69, 9.17) is 5.11 Å². The molecule has 3 rings (SSSR count). The lowest BCUT2D eigenvalue weighted by atomic mass is 9.64. The standard InChI is InChI=1S/C17H25NO4/c1-15(2)16(3)6-7-17(15,10-12(16)19)14(22)18-8-4-11(5-9-18)13(20)21/h11H,4-10H2,1-3H3,(H,20,21)/t16-,17+/m0/s1. The van der Waals surface area contributed by atoms with Gasteiger partial charge < -0.3 is 10.0 Å². The van der Waals surface area contributed by atoms with Crippen molar-refractivity contribution in [1.29, 1.82) is 0 Å². The van der Waals surface area contributed by atoms with Crippen molar-refractivity contribution in [2.75, 3.05) is 13.1 Å². The Labute approximate surface area is 131 Å². The number of rotatable bonds is 2. The Morgan fingerprint density at radius 1 is 1.14 bits per heavy atom. The fraction of sp³-hybridized carbons (Fsp3) is 0.824. The molecule has 5 nitrogen and oxygen atoms in total. The third kappa shape index (κ3) is 1.68. The number of carboxylic acids is 1. The van der Waals surface area contributed by atoms with E-state index in [0.717, 1.165) is 12.8 Å². The smallest absolute Gasteiger partial charge is 0.306 e. The summed E-state index contributed by atoms with van der Waals surface area (Å²) in [5, 5.41) is 9.08. The zero-order chi connectivity index (χ0) is 16.3. The van der Waals surface area contributed by atoms with Crippen LogP contribution in [0.1, 0.15) is 52.9 Å². The maximum Gasteiger partial charge on any atom is 0.306 e. The second-order valence-electron chi connectivity index (χ2n) is 8.04. The van der Waals surface area contributed by atoms with Crippen molar-refractivity contribution in [3.8, 4) is 0 Å². The number of amides is 1. The van der Waals surface area contributed by atoms with E-state index in [-0.39, 0.29) is 28.4 Å². The first-order chi connectivity index (χ1) is 10.2. The number of nitrogens with zero attached hydrogens (tertiary/aromatic N) is 1. The Hall–Kier alpha value is -1.39. The fourth-order valence-electron chi connectivity index (χ4n) is 4.97. The lowest BCUT2D eigenvalue weighted by molar-refractivity contribution is -0.152. The number of carboxylic acid groups (broad SMARTS) is 1. The highest BCUT2D eigenvalue weighted by atomic mass is 16.4. The first-order valence-corrected chi connectivity index (χ1v) is 8.21. The number of piperidine rings is 1. The third-order valence-electron chi connectivity index (χ3n) is 7.25. The van der Waals surface area contributed by atoms with Crippen LogP contribution in [0, 0.1) is 22.2 Å². The molecule has 0 radical (unpaired) electrons. The molecule has 3 fully saturated rings. The third-order valence-corrected chi connectivity index (χ3v) is 7.25. The Bertz CT molecular complexity index is 547. The van der Waals surface area contributed by atoms with Gasteiger partial charge in [-0.15, -0.1) is 0 Å². The molecule has 1 saturated heterocycles. The van der Waals surface area contributed by atoms with Crippen LogP contribution in [0.4, 0.5) is 0 Å². The summed E-state index contributed by atoms with van der Waals surface area (Å²) in [6.45, 7) is 7.13. The van der Waals surface area contributed by atoms with Crippen molar-refractivity contribution >= 4 is 17.7 Å². The molecule has 2 bridgehead atoms. The van der Waals surface area contributed by atoms with Crippen molar-refractivity contribution in [1.82, 2.24) is 4.90 Å². The number of aliphatic carboxylic acids is 1. The molecule has 22 heavy (non-hydrogen) atoms. The molecule has 3 aliphatic rings. The minimum absolute atomic E-state index is 0.0795. The van der Waals surface area contributed by atoms with Gasteiger partial charge in [0.2, 0.25) is 5.91 Å². The summed E-state index contributed by atoms with van der Waals surface area (Å²) < 4.78 is 0. The molecule has 1 heterocycles. The van der Waals surface area contributed by atoms with E-state index >= 15 is 0 Å². The van der Waals surface area contributed by atoms with E-state index in [9.17, 15) is 14.4 Å². The number of carbonyl (C=O) groups is 3. The maximum atomic E-state index is 13.2. The second kappa shape index (κ2) is 4.56. The van der Waals surface area contributed by atoms with Gasteiger partial charge in [-0.3, -0.25) is 14.4 Å². The van der Waals surface area contributed by atoms with Gasteiger partial charge in [-0.25, -0.2) is 0 Å². The van der Waals surface area contributed by atoms with Crippen molar-refractivity contribution in [3.05, 3.63) is 0 Å². The van der Waals surface area contributed by atoms with Crippen LogP contribution in [-0.2, 0) is 14.4 Å². The van der Waals surface area contributed by atoms with Crippen LogP contribution in [-0.4, -0.2) is 40.8 Å². The average molecular weight is 307 g/mol. The summed E-state index contributed by atoms with van der Waals surface area (Å²) in [5.41, 5.74) is -1.28. The van der Waals surface area contributed by atoms with Crippen LogP contribution < -0.4 is 0 Å². The average Bonchev–Trinajstić information content (AvgIpc) is 2.77. The van der Waals surface area contributed by atoms with Crippen LogP contribution in [0.3, 0.4) is 0 Å². The summed E-state index contributed by atoms with van der Waals surface area (Å²) in [6.07, 6.45) is 2.95. The second-order valence-corrected chi connectivity index (χ2v) is 8.04. The number of Topliss-reactive ketones (excluding diaryl/α,β-unsaturated/α-hetero) is 1. The number of hydrogen-bond acceptors (Lipinski definition) is 3. The number of carbonyl (C=O) groups excluding carboxylic acids is 2. The number of ketones is 1. The van der Waals surface area contributed by atoms with E-state index in [1.165, 1.54) is 0 Å². The number of likely N-dealkylation sites (tertiary alicyclic amines) is 1. The lowest BCUT2D eigenvalue weighted by Gasteiger charge is -2.43. The Balaban J connectivity index is 1.82. The highest BCUT2D eigenvalue weighted by Crippen LogP contribution is 2.71. The van der Waals surface area contributed by atoms with Gasteiger partial charge in [-0.2, -0.15) is 0 Å². The van der Waals surface area contributed by atoms with E-state index < -0.39 is 11.4 Å². The minimum atomic E-state index is -0.768. The van der Waals surface area contributed by atoms with Crippen LogP contribution in [0.25, 0.3) is 0 Å². The van der Waals surface area contributed by atoms with Crippen LogP contribution in [0.15, 0.2) is 0 Å². The molecule has 1 N–H and O–H groups in total. The SMILES string of the molecule is CC1(C)[C@]2(C(=O)N3CCC(C(=O)O)CC3)CC[C@@]1(C)C(=O)C2. The van der Waals surface area contributed by atoms with Gasteiger partial charge >= 0.3 is 5.97 Å². The molecular formula is C17H25NO4. The highest BCUT2D eigenvalue weighted by Gasteiger charge is 2.73. The molecule has 0 unspecified atom stereocenters. The Morgan fingerprint density at radius 3 is 2.14 bits per heavy atom. The van der Waals surface area contributed by atoms with Gasteiger partial charge in [0, 0.05) is 24.9 Å². The van der Waals surface area contributed by atoms with Crippen molar-refractivity contribution in [3.63, 3.8) is 0 Å². The molecule has 5 heteroatoms. The van der Waals surface area contributed by atoms with E-state index in [0.29, 0.717) is 32.4 Å². The van der Waals surface area contributed by atoms with Gasteiger partial charge in [0.05, 0.1) is 11.3 Å². The lowest BCUT2D eigenvalue weighted by Crippen LogP contribution is -2.51. The number of fused-ring (bicyclic) bond motifs is 2. The summed E-state index contributed by atoms with van der Waals surface area (Å²) in [6, 6.07) is 0. The topological polar surface area (TPSA) is 74.7 Å². The Morgan fingerprint density at radius 2 is 1.73 bits per heavy atom. The molecule has 2 atom stereocenters. The number of hydrogen-bond donors (Lipinski definition) is 1.